The van der Waals surface area contributed by atoms with Gasteiger partial charge in [0.1, 0.15) is 5.84 Å². The highest BCUT2D eigenvalue weighted by atomic mass is 35.5. The van der Waals surface area contributed by atoms with Crippen LogP contribution in [0.3, 0.4) is 0 Å². The third-order valence-electron chi connectivity index (χ3n) is 9.09. The molecular weight excluding hydrogens is 485 g/mol. The molecule has 0 spiro atoms. The summed E-state index contributed by atoms with van der Waals surface area (Å²) in [5, 5.41) is 24.5. The van der Waals surface area contributed by atoms with Gasteiger partial charge in [-0.15, -0.1) is 0 Å². The van der Waals surface area contributed by atoms with Crippen LogP contribution in [0.4, 0.5) is 5.69 Å². The minimum Gasteiger partial charge on any atom is -0.481 e. The summed E-state index contributed by atoms with van der Waals surface area (Å²) in [7, 11) is 0. The first-order valence-electron chi connectivity index (χ1n) is 12.6. The van der Waals surface area contributed by atoms with E-state index in [1.165, 1.54) is 0 Å². The molecule has 1 saturated heterocycles. The van der Waals surface area contributed by atoms with Gasteiger partial charge in [-0.3, -0.25) is 9.69 Å². The molecule has 4 saturated carbocycles. The Morgan fingerprint density at radius 3 is 2.40 bits per heavy atom. The van der Waals surface area contributed by atoms with Crippen molar-refractivity contribution in [3.8, 4) is 6.19 Å². The van der Waals surface area contributed by atoms with Crippen LogP contribution in [0.5, 0.6) is 0 Å². The monoisotopic (exact) mass is 517 g/mol. The fourth-order valence-electron chi connectivity index (χ4n) is 7.47. The van der Waals surface area contributed by atoms with E-state index in [2.05, 4.69) is 34.0 Å². The van der Waals surface area contributed by atoms with Gasteiger partial charge >= 0.3 is 5.97 Å². The minimum atomic E-state index is -0.625. The number of rotatable bonds is 5. The van der Waals surface area contributed by atoms with Crippen LogP contribution in [-0.4, -0.2) is 59.6 Å². The molecular formula is C26H33Cl2N5O2. The Morgan fingerprint density at radius 2 is 1.83 bits per heavy atom. The maximum atomic E-state index is 12.1. The molecule has 1 aromatic rings. The topological polar surface area (TPSA) is 92.0 Å². The number of amidine groups is 1. The second-order valence-electron chi connectivity index (χ2n) is 11.4. The molecule has 2 N–H and O–H groups in total. The smallest absolute Gasteiger partial charge is 0.309 e. The molecule has 0 amide bonds. The van der Waals surface area contributed by atoms with Crippen molar-refractivity contribution in [1.29, 1.82) is 5.26 Å². The standard InChI is InChI=1S/C26H33Cl2N5O2/c1-25(2,33-7-5-32(6-8-33)21-4-3-19(27)11-20(21)28)23(30-15-29)31-22-17-9-16-10-18(22)14-26(12-16,13-17)24(34)35/h3-4,11,16-18,22H,5-10,12-14H2,1-2H3,(H,30,31)(H,34,35). The summed E-state index contributed by atoms with van der Waals surface area (Å²) in [5.41, 5.74) is -0.0145. The number of carbonyl (C=O) groups is 1. The molecule has 2 atom stereocenters. The van der Waals surface area contributed by atoms with Crippen LogP contribution in [0.2, 0.25) is 10.0 Å². The van der Waals surface area contributed by atoms with Crippen LogP contribution in [0, 0.1) is 34.6 Å². The Kier molecular flexibility index (Phi) is 6.44. The summed E-state index contributed by atoms with van der Waals surface area (Å²) in [6.07, 6.45) is 6.46. The summed E-state index contributed by atoms with van der Waals surface area (Å²) in [4.78, 5) is 21.0. The number of carboxylic acids is 1. The first kappa shape index (κ1) is 24.7. The lowest BCUT2D eigenvalue weighted by molar-refractivity contribution is -0.166. The SMILES string of the molecule is CC(C)(/C(=N\C#N)NC1C2CC3CC1CC(C(=O)O)(C3)C2)N1CCN(c2ccc(Cl)cc2Cl)CC1. The number of halogens is 2. The van der Waals surface area contributed by atoms with Gasteiger partial charge < -0.3 is 15.3 Å². The van der Waals surface area contributed by atoms with Gasteiger partial charge in [-0.1, -0.05) is 23.2 Å². The van der Waals surface area contributed by atoms with Crippen LogP contribution in [0.15, 0.2) is 23.2 Å². The second kappa shape index (κ2) is 9.14. The molecule has 0 radical (unpaired) electrons. The van der Waals surface area contributed by atoms with Crippen molar-refractivity contribution >= 4 is 40.7 Å². The Labute approximate surface area is 217 Å². The number of nitriles is 1. The summed E-state index contributed by atoms with van der Waals surface area (Å²) in [6.45, 7) is 7.47. The third kappa shape index (κ3) is 4.39. The van der Waals surface area contributed by atoms with Gasteiger partial charge in [0.05, 0.1) is 21.7 Å². The van der Waals surface area contributed by atoms with E-state index in [1.807, 2.05) is 18.3 Å². The average Bonchev–Trinajstić information content (AvgIpc) is 2.80. The molecule has 0 aromatic heterocycles. The number of piperazine rings is 1. The first-order chi connectivity index (χ1) is 16.6. The number of nitrogens with one attached hydrogen (secondary N) is 1. The highest BCUT2D eigenvalue weighted by Gasteiger charge is 2.59. The molecule has 1 aromatic carbocycles. The van der Waals surface area contributed by atoms with E-state index in [0.29, 0.717) is 33.6 Å². The molecule has 5 aliphatic rings. The summed E-state index contributed by atoms with van der Waals surface area (Å²) < 4.78 is 0. The zero-order valence-corrected chi connectivity index (χ0v) is 21.8. The van der Waals surface area contributed by atoms with Crippen molar-refractivity contribution in [3.05, 3.63) is 28.2 Å². The van der Waals surface area contributed by atoms with Gasteiger partial charge in [-0.05, 0) is 81.9 Å². The number of aliphatic imine (C=N–C) groups is 1. The van der Waals surface area contributed by atoms with Gasteiger partial charge in [0, 0.05) is 37.2 Å². The van der Waals surface area contributed by atoms with Gasteiger partial charge in [0.2, 0.25) is 6.19 Å². The molecule has 5 fully saturated rings. The lowest BCUT2D eigenvalue weighted by atomic mass is 9.48. The Balaban J connectivity index is 1.29. The number of aliphatic carboxylic acids is 1. The van der Waals surface area contributed by atoms with Gasteiger partial charge in [0.25, 0.3) is 0 Å². The number of anilines is 1. The minimum absolute atomic E-state index is 0.180. The quantitative estimate of drug-likeness (QED) is 0.335. The van der Waals surface area contributed by atoms with Crippen molar-refractivity contribution in [2.75, 3.05) is 31.1 Å². The number of nitrogens with zero attached hydrogens (tertiary/aromatic N) is 4. The number of benzene rings is 1. The van der Waals surface area contributed by atoms with Crippen molar-refractivity contribution in [2.45, 2.75) is 57.5 Å². The maximum Gasteiger partial charge on any atom is 0.309 e. The molecule has 188 valence electrons. The number of hydrogen-bond acceptors (Lipinski definition) is 5. The first-order valence-corrected chi connectivity index (χ1v) is 13.3. The van der Waals surface area contributed by atoms with Crippen molar-refractivity contribution in [3.63, 3.8) is 0 Å². The van der Waals surface area contributed by atoms with Gasteiger partial charge in [-0.25, -0.2) is 0 Å². The predicted molar refractivity (Wildman–Crippen MR) is 138 cm³/mol. The molecule has 2 unspecified atom stereocenters. The third-order valence-corrected chi connectivity index (χ3v) is 9.63. The Morgan fingerprint density at radius 1 is 1.17 bits per heavy atom. The summed E-state index contributed by atoms with van der Waals surface area (Å²) >= 11 is 12.5. The van der Waals surface area contributed by atoms with Crippen molar-refractivity contribution < 1.29 is 9.90 Å². The van der Waals surface area contributed by atoms with Crippen molar-refractivity contribution in [2.24, 2.45) is 28.2 Å². The van der Waals surface area contributed by atoms with E-state index >= 15 is 0 Å². The summed E-state index contributed by atoms with van der Waals surface area (Å²) in [5.74, 6) is 1.22. The molecule has 6 rings (SSSR count). The zero-order chi connectivity index (χ0) is 25.0. The van der Waals surface area contributed by atoms with E-state index in [4.69, 9.17) is 23.2 Å². The van der Waals surface area contributed by atoms with Crippen molar-refractivity contribution in [1.82, 2.24) is 10.2 Å². The van der Waals surface area contributed by atoms with Crippen LogP contribution in [0.25, 0.3) is 0 Å². The highest BCUT2D eigenvalue weighted by molar-refractivity contribution is 6.36. The Hall–Kier alpha value is -2.01. The van der Waals surface area contributed by atoms with E-state index in [0.717, 1.165) is 64.0 Å². The fourth-order valence-corrected chi connectivity index (χ4v) is 8.00. The molecule has 35 heavy (non-hydrogen) atoms. The number of carboxylic acid groups (broad SMARTS) is 1. The van der Waals surface area contributed by atoms with E-state index in [1.54, 1.807) is 6.07 Å². The normalized spacial score (nSPS) is 33.0. The maximum absolute atomic E-state index is 12.1. The fraction of sp³-hybridized carbons (Fsp3) is 0.654. The van der Waals surface area contributed by atoms with Gasteiger partial charge in [-0.2, -0.15) is 10.3 Å². The molecule has 1 aliphatic heterocycles. The van der Waals surface area contributed by atoms with Crippen LogP contribution >= 0.6 is 23.2 Å². The molecule has 4 aliphatic carbocycles. The largest absolute Gasteiger partial charge is 0.481 e. The molecule has 9 heteroatoms. The van der Waals surface area contributed by atoms with E-state index in [-0.39, 0.29) is 6.04 Å². The zero-order valence-electron chi connectivity index (χ0n) is 20.3. The average molecular weight is 518 g/mol. The van der Waals surface area contributed by atoms with E-state index < -0.39 is 16.9 Å². The van der Waals surface area contributed by atoms with Crippen LogP contribution in [-0.2, 0) is 4.79 Å². The number of hydrogen-bond donors (Lipinski definition) is 2. The Bertz CT molecular complexity index is 1060. The molecule has 7 nitrogen and oxygen atoms in total. The predicted octanol–water partition coefficient (Wildman–Crippen LogP) is 4.64. The van der Waals surface area contributed by atoms with Crippen LogP contribution in [0.1, 0.15) is 46.0 Å². The molecule has 4 bridgehead atoms. The van der Waals surface area contributed by atoms with Crippen LogP contribution < -0.4 is 10.2 Å². The summed E-state index contributed by atoms with van der Waals surface area (Å²) in [6, 6.07) is 5.78. The lowest BCUT2D eigenvalue weighted by Gasteiger charge is -2.59. The molecule has 1 heterocycles. The van der Waals surface area contributed by atoms with E-state index in [9.17, 15) is 15.2 Å². The highest BCUT2D eigenvalue weighted by Crippen LogP contribution is 2.60. The van der Waals surface area contributed by atoms with Gasteiger partial charge in [0.15, 0.2) is 0 Å². The lowest BCUT2D eigenvalue weighted by Crippen LogP contribution is -2.66. The second-order valence-corrected chi connectivity index (χ2v) is 12.3.